The zero-order chi connectivity index (χ0) is 15.1. The van der Waals surface area contributed by atoms with Crippen LogP contribution in [0.25, 0.3) is 11.3 Å². The van der Waals surface area contributed by atoms with Gasteiger partial charge in [-0.05, 0) is 18.6 Å². The third-order valence-corrected chi connectivity index (χ3v) is 3.68. The minimum Gasteiger partial charge on any atom is -0.243 e. The first-order valence-electron chi connectivity index (χ1n) is 7.35. The Labute approximate surface area is 130 Å². The van der Waals surface area contributed by atoms with Crippen molar-refractivity contribution in [3.63, 3.8) is 0 Å². The van der Waals surface area contributed by atoms with E-state index in [-0.39, 0.29) is 0 Å². The number of hydrogen-bond acceptors (Lipinski definition) is 3. The van der Waals surface area contributed by atoms with E-state index in [1.807, 2.05) is 28.9 Å². The van der Waals surface area contributed by atoms with Gasteiger partial charge in [-0.1, -0.05) is 61.6 Å². The standard InChI is InChI=1S/C16H19ClN4/c1-2-3-4-5-6-11-21-16(15(12-18)19-20-21)13-7-9-14(17)10-8-13/h7-10H,2-6,11H2,1H3. The molecular weight excluding hydrogens is 284 g/mol. The Morgan fingerprint density at radius 2 is 1.86 bits per heavy atom. The van der Waals surface area contributed by atoms with Crippen molar-refractivity contribution in [2.24, 2.45) is 0 Å². The molecule has 0 saturated carbocycles. The van der Waals surface area contributed by atoms with Gasteiger partial charge in [0.25, 0.3) is 0 Å². The van der Waals surface area contributed by atoms with Gasteiger partial charge in [-0.3, -0.25) is 0 Å². The molecule has 0 aliphatic heterocycles. The zero-order valence-corrected chi connectivity index (χ0v) is 13.0. The fourth-order valence-corrected chi connectivity index (χ4v) is 2.43. The summed E-state index contributed by atoms with van der Waals surface area (Å²) in [6, 6.07) is 9.54. The highest BCUT2D eigenvalue weighted by Crippen LogP contribution is 2.24. The third kappa shape index (κ3) is 4.05. The zero-order valence-electron chi connectivity index (χ0n) is 12.2. The van der Waals surface area contributed by atoms with Crippen LogP contribution < -0.4 is 0 Å². The van der Waals surface area contributed by atoms with Gasteiger partial charge >= 0.3 is 0 Å². The number of aryl methyl sites for hydroxylation is 1. The van der Waals surface area contributed by atoms with E-state index >= 15 is 0 Å². The van der Waals surface area contributed by atoms with Crippen molar-refractivity contribution in [1.29, 1.82) is 5.26 Å². The van der Waals surface area contributed by atoms with Crippen LogP contribution in [0.5, 0.6) is 0 Å². The molecule has 0 saturated heterocycles. The normalized spacial score (nSPS) is 10.5. The minimum atomic E-state index is 0.367. The van der Waals surface area contributed by atoms with Gasteiger partial charge in [-0.25, -0.2) is 4.68 Å². The second-order valence-corrected chi connectivity index (χ2v) is 5.48. The lowest BCUT2D eigenvalue weighted by Crippen LogP contribution is -2.03. The second-order valence-electron chi connectivity index (χ2n) is 5.04. The maximum absolute atomic E-state index is 9.20. The van der Waals surface area contributed by atoms with Crippen LogP contribution in [0.3, 0.4) is 0 Å². The van der Waals surface area contributed by atoms with Gasteiger partial charge in [0.2, 0.25) is 0 Å². The lowest BCUT2D eigenvalue weighted by Gasteiger charge is -2.07. The summed E-state index contributed by atoms with van der Waals surface area (Å²) >= 11 is 5.92. The van der Waals surface area contributed by atoms with Gasteiger partial charge in [0, 0.05) is 17.1 Å². The molecule has 2 rings (SSSR count). The van der Waals surface area contributed by atoms with Crippen molar-refractivity contribution in [2.75, 3.05) is 0 Å². The summed E-state index contributed by atoms with van der Waals surface area (Å²) in [5.41, 5.74) is 2.07. The van der Waals surface area contributed by atoms with E-state index in [4.69, 9.17) is 11.6 Å². The molecule has 0 aliphatic rings. The molecule has 110 valence electrons. The topological polar surface area (TPSA) is 54.5 Å². The summed E-state index contributed by atoms with van der Waals surface area (Å²) < 4.78 is 1.83. The number of unbranched alkanes of at least 4 members (excludes halogenated alkanes) is 4. The van der Waals surface area contributed by atoms with Crippen LogP contribution in [0.15, 0.2) is 24.3 Å². The third-order valence-electron chi connectivity index (χ3n) is 3.43. The van der Waals surface area contributed by atoms with Crippen molar-refractivity contribution in [3.05, 3.63) is 35.0 Å². The van der Waals surface area contributed by atoms with Gasteiger partial charge in [0.15, 0.2) is 5.69 Å². The Morgan fingerprint density at radius 3 is 2.52 bits per heavy atom. The highest BCUT2D eigenvalue weighted by Gasteiger charge is 2.14. The summed E-state index contributed by atoms with van der Waals surface area (Å²) in [7, 11) is 0. The summed E-state index contributed by atoms with van der Waals surface area (Å²) in [6.07, 6.45) is 5.97. The molecule has 0 radical (unpaired) electrons. The van der Waals surface area contributed by atoms with E-state index in [9.17, 15) is 5.26 Å². The van der Waals surface area contributed by atoms with E-state index in [2.05, 4.69) is 23.3 Å². The van der Waals surface area contributed by atoms with Crippen LogP contribution in [-0.4, -0.2) is 15.0 Å². The average Bonchev–Trinajstić information content (AvgIpc) is 2.91. The van der Waals surface area contributed by atoms with Gasteiger partial charge < -0.3 is 0 Å². The maximum atomic E-state index is 9.20. The Bertz CT molecular complexity index is 610. The molecule has 0 fully saturated rings. The molecule has 0 spiro atoms. The molecule has 1 aromatic carbocycles. The average molecular weight is 303 g/mol. The highest BCUT2D eigenvalue weighted by molar-refractivity contribution is 6.30. The number of nitriles is 1. The fraction of sp³-hybridized carbons (Fsp3) is 0.438. The fourth-order valence-electron chi connectivity index (χ4n) is 2.30. The molecule has 0 atom stereocenters. The molecule has 0 N–H and O–H groups in total. The van der Waals surface area contributed by atoms with Crippen molar-refractivity contribution < 1.29 is 0 Å². The van der Waals surface area contributed by atoms with Crippen LogP contribution in [0, 0.1) is 11.3 Å². The van der Waals surface area contributed by atoms with Crippen molar-refractivity contribution in [2.45, 2.75) is 45.6 Å². The van der Waals surface area contributed by atoms with Gasteiger partial charge in [0.05, 0.1) is 0 Å². The van der Waals surface area contributed by atoms with E-state index in [0.717, 1.165) is 24.2 Å². The van der Waals surface area contributed by atoms with Crippen LogP contribution in [-0.2, 0) is 6.54 Å². The lowest BCUT2D eigenvalue weighted by atomic mass is 10.1. The largest absolute Gasteiger partial charge is 0.243 e. The van der Waals surface area contributed by atoms with Crippen molar-refractivity contribution in [3.8, 4) is 17.3 Å². The molecule has 0 unspecified atom stereocenters. The van der Waals surface area contributed by atoms with Gasteiger partial charge in [-0.2, -0.15) is 5.26 Å². The number of aromatic nitrogens is 3. The number of benzene rings is 1. The van der Waals surface area contributed by atoms with Crippen LogP contribution >= 0.6 is 11.6 Å². The van der Waals surface area contributed by atoms with E-state index in [1.165, 1.54) is 25.7 Å². The van der Waals surface area contributed by atoms with Gasteiger partial charge in [0.1, 0.15) is 11.8 Å². The Hall–Kier alpha value is -1.86. The number of halogens is 1. The van der Waals surface area contributed by atoms with Crippen LogP contribution in [0.2, 0.25) is 5.02 Å². The molecule has 1 heterocycles. The first-order chi connectivity index (χ1) is 10.3. The van der Waals surface area contributed by atoms with E-state index in [1.54, 1.807) is 0 Å². The summed E-state index contributed by atoms with van der Waals surface area (Å²) in [4.78, 5) is 0. The van der Waals surface area contributed by atoms with Crippen LogP contribution in [0.1, 0.15) is 44.7 Å². The lowest BCUT2D eigenvalue weighted by molar-refractivity contribution is 0.524. The second kappa shape index (κ2) is 7.80. The minimum absolute atomic E-state index is 0.367. The number of nitrogens with zero attached hydrogens (tertiary/aromatic N) is 4. The smallest absolute Gasteiger partial charge is 0.190 e. The Kier molecular flexibility index (Phi) is 5.77. The monoisotopic (exact) mass is 302 g/mol. The first kappa shape index (κ1) is 15.5. The quantitative estimate of drug-likeness (QED) is 0.710. The molecule has 2 aromatic rings. The molecule has 0 amide bonds. The predicted molar refractivity (Wildman–Crippen MR) is 83.9 cm³/mol. The first-order valence-corrected chi connectivity index (χ1v) is 7.73. The summed E-state index contributed by atoms with van der Waals surface area (Å²) in [5.74, 6) is 0. The molecule has 0 bridgehead atoms. The summed E-state index contributed by atoms with van der Waals surface area (Å²) in [6.45, 7) is 2.99. The summed E-state index contributed by atoms with van der Waals surface area (Å²) in [5, 5.41) is 18.0. The van der Waals surface area contributed by atoms with Crippen LogP contribution in [0.4, 0.5) is 0 Å². The highest BCUT2D eigenvalue weighted by atomic mass is 35.5. The predicted octanol–water partition coefficient (Wildman–Crippen LogP) is 4.44. The molecule has 0 aliphatic carbocycles. The van der Waals surface area contributed by atoms with Gasteiger partial charge in [-0.15, -0.1) is 5.10 Å². The molecule has 4 nitrogen and oxygen atoms in total. The SMILES string of the molecule is CCCCCCCn1nnc(C#N)c1-c1ccc(Cl)cc1. The molecule has 5 heteroatoms. The molecule has 21 heavy (non-hydrogen) atoms. The number of hydrogen-bond donors (Lipinski definition) is 0. The van der Waals surface area contributed by atoms with Crippen molar-refractivity contribution >= 4 is 11.6 Å². The Balaban J connectivity index is 2.14. The van der Waals surface area contributed by atoms with Crippen molar-refractivity contribution in [1.82, 2.24) is 15.0 Å². The molecule has 1 aromatic heterocycles. The molecular formula is C16H19ClN4. The maximum Gasteiger partial charge on any atom is 0.190 e. The van der Waals surface area contributed by atoms with E-state index in [0.29, 0.717) is 10.7 Å². The Morgan fingerprint density at radius 1 is 1.14 bits per heavy atom. The number of rotatable bonds is 7. The van der Waals surface area contributed by atoms with E-state index < -0.39 is 0 Å².